The molecule has 3 aliphatic rings. The molecule has 0 spiro atoms. The number of aliphatic imine (C=N–C) groups is 1. The van der Waals surface area contributed by atoms with Crippen LogP contribution in [0.1, 0.15) is 19.4 Å². The Balaban J connectivity index is 1.69. The number of likely N-dealkylation sites (N-methyl/N-ethyl adjacent to an activating group) is 1. The van der Waals surface area contributed by atoms with Gasteiger partial charge in [-0.15, -0.1) is 6.58 Å². The summed E-state index contributed by atoms with van der Waals surface area (Å²) in [5.41, 5.74) is 2.95. The van der Waals surface area contributed by atoms with E-state index in [-0.39, 0.29) is 18.5 Å². The lowest BCUT2D eigenvalue weighted by atomic mass is 10.1. The number of hydrogen-bond acceptors (Lipinski definition) is 5. The van der Waals surface area contributed by atoms with E-state index in [9.17, 15) is 9.59 Å². The van der Waals surface area contributed by atoms with Crippen LogP contribution in [0.15, 0.2) is 59.4 Å². The van der Waals surface area contributed by atoms with Crippen LogP contribution in [0.4, 0.5) is 4.79 Å². The van der Waals surface area contributed by atoms with Gasteiger partial charge >= 0.3 is 6.03 Å². The first-order chi connectivity index (χ1) is 13.0. The molecule has 0 bridgehead atoms. The molecule has 7 heteroatoms. The Morgan fingerprint density at radius 2 is 1.81 bits per heavy atom. The summed E-state index contributed by atoms with van der Waals surface area (Å²) in [6, 6.07) is 8.71. The molecule has 1 fully saturated rings. The molecule has 1 aromatic rings. The summed E-state index contributed by atoms with van der Waals surface area (Å²) in [6.45, 7) is 8.68. The predicted molar refractivity (Wildman–Crippen MR) is 102 cm³/mol. The average molecular weight is 365 g/mol. The van der Waals surface area contributed by atoms with Gasteiger partial charge in [-0.3, -0.25) is 14.6 Å². The summed E-state index contributed by atoms with van der Waals surface area (Å²) >= 11 is 0. The number of hydrogen-bond donors (Lipinski definition) is 0. The van der Waals surface area contributed by atoms with Crippen LogP contribution in [0.2, 0.25) is 0 Å². The lowest BCUT2D eigenvalue weighted by Gasteiger charge is -2.40. The Bertz CT molecular complexity index is 876. The Kier molecular flexibility index (Phi) is 4.02. The average Bonchev–Trinajstić information content (AvgIpc) is 3.16. The predicted octanol–water partition coefficient (Wildman–Crippen LogP) is 2.20. The number of guanidine groups is 1. The molecule has 1 saturated heterocycles. The molecular formula is C20H23N5O2. The molecule has 4 rings (SSSR count). The van der Waals surface area contributed by atoms with Crippen LogP contribution < -0.4 is 0 Å². The molecule has 3 heterocycles. The van der Waals surface area contributed by atoms with Crippen molar-refractivity contribution in [3.05, 3.63) is 59.9 Å². The second kappa shape index (κ2) is 6.26. The standard InChI is InChI=1S/C20H23N5O2/c1-5-11-23-13(2)14(3)25-16-17(21-19(23)25)22(4)20(27)24(18(16)26)12-15-9-7-6-8-10-15/h5-10,16-17H,1,11-12H2,2-4H3. The maximum Gasteiger partial charge on any atom is 0.328 e. The number of amides is 3. The maximum atomic E-state index is 13.3. The Morgan fingerprint density at radius 3 is 2.48 bits per heavy atom. The van der Waals surface area contributed by atoms with Crippen molar-refractivity contribution in [2.45, 2.75) is 32.6 Å². The van der Waals surface area contributed by atoms with Gasteiger partial charge in [-0.2, -0.15) is 0 Å². The van der Waals surface area contributed by atoms with Gasteiger partial charge in [0.15, 0.2) is 12.2 Å². The number of rotatable bonds is 4. The minimum Gasteiger partial charge on any atom is -0.311 e. The van der Waals surface area contributed by atoms with Crippen molar-refractivity contribution in [1.82, 2.24) is 19.6 Å². The minimum absolute atomic E-state index is 0.210. The second-order valence-corrected chi connectivity index (χ2v) is 7.03. The molecule has 1 aromatic carbocycles. The number of benzene rings is 1. The van der Waals surface area contributed by atoms with Crippen LogP contribution in [-0.2, 0) is 11.3 Å². The zero-order valence-corrected chi connectivity index (χ0v) is 15.8. The smallest absolute Gasteiger partial charge is 0.311 e. The summed E-state index contributed by atoms with van der Waals surface area (Å²) in [5, 5.41) is 0. The summed E-state index contributed by atoms with van der Waals surface area (Å²) in [4.78, 5) is 37.8. The third-order valence-electron chi connectivity index (χ3n) is 5.50. The van der Waals surface area contributed by atoms with Gasteiger partial charge < -0.3 is 9.80 Å². The summed E-state index contributed by atoms with van der Waals surface area (Å²) in [6.07, 6.45) is 1.30. The topological polar surface area (TPSA) is 59.5 Å². The first kappa shape index (κ1) is 17.3. The Morgan fingerprint density at radius 1 is 1.11 bits per heavy atom. The van der Waals surface area contributed by atoms with Crippen LogP contribution in [-0.4, -0.2) is 63.3 Å². The molecule has 7 nitrogen and oxygen atoms in total. The minimum atomic E-state index is -0.531. The molecule has 2 unspecified atom stereocenters. The van der Waals surface area contributed by atoms with E-state index >= 15 is 0 Å². The van der Waals surface area contributed by atoms with Crippen molar-refractivity contribution in [2.75, 3.05) is 13.6 Å². The van der Waals surface area contributed by atoms with Crippen LogP contribution in [0.5, 0.6) is 0 Å². The number of fused-ring (bicyclic) bond motifs is 3. The molecule has 2 atom stereocenters. The number of carbonyl (C=O) groups excluding carboxylic acids is 2. The Labute approximate surface area is 158 Å². The van der Waals surface area contributed by atoms with Gasteiger partial charge in [0.1, 0.15) is 0 Å². The van der Waals surface area contributed by atoms with E-state index in [1.807, 2.05) is 60.1 Å². The molecule has 3 amide bonds. The van der Waals surface area contributed by atoms with E-state index in [1.54, 1.807) is 11.9 Å². The van der Waals surface area contributed by atoms with Gasteiger partial charge in [-0.25, -0.2) is 9.79 Å². The highest BCUT2D eigenvalue weighted by Gasteiger charge is 2.55. The van der Waals surface area contributed by atoms with E-state index < -0.39 is 12.2 Å². The largest absolute Gasteiger partial charge is 0.328 e. The highest BCUT2D eigenvalue weighted by molar-refractivity contribution is 6.05. The van der Waals surface area contributed by atoms with E-state index in [4.69, 9.17) is 4.99 Å². The number of nitrogens with zero attached hydrogens (tertiary/aromatic N) is 5. The molecule has 0 radical (unpaired) electrons. The third-order valence-corrected chi connectivity index (χ3v) is 5.50. The first-order valence-electron chi connectivity index (χ1n) is 9.00. The van der Waals surface area contributed by atoms with Gasteiger partial charge in [-0.05, 0) is 19.4 Å². The van der Waals surface area contributed by atoms with Gasteiger partial charge in [0.05, 0.1) is 6.54 Å². The fourth-order valence-electron chi connectivity index (χ4n) is 3.94. The van der Waals surface area contributed by atoms with Gasteiger partial charge in [-0.1, -0.05) is 36.4 Å². The molecule has 3 aliphatic heterocycles. The second-order valence-electron chi connectivity index (χ2n) is 7.03. The normalized spacial score (nSPS) is 24.5. The highest BCUT2D eigenvalue weighted by Crippen LogP contribution is 2.37. The van der Waals surface area contributed by atoms with E-state index in [2.05, 4.69) is 6.58 Å². The SMILES string of the molecule is C=CCN1C2=NC3C(C(=O)N(Cc4ccccc4)C(=O)N3C)N2C(C)=C1C. The fraction of sp³-hybridized carbons (Fsp3) is 0.350. The summed E-state index contributed by atoms with van der Waals surface area (Å²) in [5.74, 6) is 0.507. The zero-order chi connectivity index (χ0) is 19.3. The Hall–Kier alpha value is -3.09. The van der Waals surface area contributed by atoms with Crippen molar-refractivity contribution in [1.29, 1.82) is 0 Å². The number of imide groups is 1. The molecule has 0 aromatic heterocycles. The summed E-state index contributed by atoms with van der Waals surface area (Å²) in [7, 11) is 1.71. The lowest BCUT2D eigenvalue weighted by molar-refractivity contribution is -0.137. The maximum absolute atomic E-state index is 13.3. The molecule has 27 heavy (non-hydrogen) atoms. The van der Waals surface area contributed by atoms with E-state index in [0.717, 1.165) is 22.9 Å². The van der Waals surface area contributed by atoms with Crippen molar-refractivity contribution in [3.8, 4) is 0 Å². The monoisotopic (exact) mass is 365 g/mol. The lowest BCUT2D eigenvalue weighted by Crippen LogP contribution is -2.64. The number of carbonyl (C=O) groups is 2. The first-order valence-corrected chi connectivity index (χ1v) is 9.00. The van der Waals surface area contributed by atoms with Crippen molar-refractivity contribution in [2.24, 2.45) is 4.99 Å². The zero-order valence-electron chi connectivity index (χ0n) is 15.8. The molecule has 140 valence electrons. The van der Waals surface area contributed by atoms with Crippen LogP contribution in [0.25, 0.3) is 0 Å². The van der Waals surface area contributed by atoms with E-state index in [0.29, 0.717) is 6.54 Å². The van der Waals surface area contributed by atoms with Crippen molar-refractivity contribution in [3.63, 3.8) is 0 Å². The number of allylic oxidation sites excluding steroid dienone is 2. The quantitative estimate of drug-likeness (QED) is 0.768. The highest BCUT2D eigenvalue weighted by atomic mass is 16.2. The fourth-order valence-corrected chi connectivity index (χ4v) is 3.94. The molecule has 0 saturated carbocycles. The molecule has 0 aliphatic carbocycles. The van der Waals surface area contributed by atoms with E-state index in [1.165, 1.54) is 4.90 Å². The van der Waals surface area contributed by atoms with Gasteiger partial charge in [0, 0.05) is 25.0 Å². The molecular weight excluding hydrogens is 342 g/mol. The van der Waals surface area contributed by atoms with Gasteiger partial charge in [0.25, 0.3) is 5.91 Å². The molecule has 0 N–H and O–H groups in total. The van der Waals surface area contributed by atoms with Crippen molar-refractivity contribution >= 4 is 17.9 Å². The van der Waals surface area contributed by atoms with Crippen LogP contribution >= 0.6 is 0 Å². The van der Waals surface area contributed by atoms with Crippen molar-refractivity contribution < 1.29 is 9.59 Å². The number of urea groups is 1. The van der Waals surface area contributed by atoms with Crippen LogP contribution in [0, 0.1) is 0 Å². The van der Waals surface area contributed by atoms with Crippen LogP contribution in [0.3, 0.4) is 0 Å². The third kappa shape index (κ3) is 2.45. The summed E-state index contributed by atoms with van der Waals surface area (Å²) < 4.78 is 0. The van der Waals surface area contributed by atoms with Gasteiger partial charge in [0.2, 0.25) is 5.96 Å².